The van der Waals surface area contributed by atoms with E-state index in [2.05, 4.69) is 12.2 Å². The first-order valence-electron chi connectivity index (χ1n) is 7.69. The molecule has 0 aromatic heterocycles. The third-order valence-electron chi connectivity index (χ3n) is 2.87. The van der Waals surface area contributed by atoms with Gasteiger partial charge >= 0.3 is 6.72 Å². The molecule has 3 aromatic carbocycles. The first-order chi connectivity index (χ1) is 12.9. The largest absolute Gasteiger partial charge is 0.436 e. The van der Waals surface area contributed by atoms with E-state index in [1.54, 1.807) is 60.7 Å². The number of thiocarbonyl (C=S) groups is 1. The second-order valence-electron chi connectivity index (χ2n) is 4.93. The van der Waals surface area contributed by atoms with Crippen molar-refractivity contribution in [2.75, 3.05) is 0 Å². The Morgan fingerprint density at radius 2 is 1.04 bits per heavy atom. The third kappa shape index (κ3) is 9.00. The van der Waals surface area contributed by atoms with Crippen LogP contribution in [-0.2, 0) is 11.8 Å². The average molecular weight is 439 g/mol. The Morgan fingerprint density at radius 3 is 1.37 bits per heavy atom. The Balaban J connectivity index is 0.000000223. The lowest BCUT2D eigenvalue weighted by Crippen LogP contribution is -1.99. The molecule has 4 nitrogen and oxygen atoms in total. The molecule has 0 radical (unpaired) electrons. The van der Waals surface area contributed by atoms with Crippen LogP contribution in [0.1, 0.15) is 0 Å². The highest BCUT2D eigenvalue weighted by atomic mass is 35.5. The SMILES string of the molecule is OP(=S)(Oc1ccccc1)Oc1ccccc1.S=C(Cl)Oc1ccccc1. The molecule has 0 unspecified atom stereocenters. The third-order valence-corrected chi connectivity index (χ3v) is 4.36. The van der Waals surface area contributed by atoms with Crippen LogP contribution in [0.15, 0.2) is 91.0 Å². The van der Waals surface area contributed by atoms with Gasteiger partial charge in [-0.2, -0.15) is 0 Å². The second kappa shape index (κ2) is 11.0. The van der Waals surface area contributed by atoms with Crippen molar-refractivity contribution < 1.29 is 18.7 Å². The van der Waals surface area contributed by atoms with Gasteiger partial charge in [-0.1, -0.05) is 54.6 Å². The van der Waals surface area contributed by atoms with Crippen LogP contribution < -0.4 is 13.8 Å². The molecule has 0 bridgehead atoms. The van der Waals surface area contributed by atoms with E-state index >= 15 is 0 Å². The summed E-state index contributed by atoms with van der Waals surface area (Å²) in [4.78, 5) is 9.90. The van der Waals surface area contributed by atoms with Gasteiger partial charge in [-0.3, -0.25) is 0 Å². The zero-order valence-electron chi connectivity index (χ0n) is 14.0. The van der Waals surface area contributed by atoms with Gasteiger partial charge in [0.25, 0.3) is 4.51 Å². The van der Waals surface area contributed by atoms with E-state index in [1.165, 1.54) is 0 Å². The molecule has 0 saturated carbocycles. The zero-order valence-corrected chi connectivity index (χ0v) is 17.3. The number of benzene rings is 3. The minimum Gasteiger partial charge on any atom is -0.436 e. The molecule has 27 heavy (non-hydrogen) atoms. The molecule has 140 valence electrons. The molecule has 3 aromatic rings. The summed E-state index contributed by atoms with van der Waals surface area (Å²) in [5, 5.41) is 0. The molecule has 0 amide bonds. The molecule has 0 aliphatic rings. The molecule has 0 fully saturated rings. The highest BCUT2D eigenvalue weighted by Gasteiger charge is 2.18. The van der Waals surface area contributed by atoms with Crippen LogP contribution in [0.3, 0.4) is 0 Å². The second-order valence-corrected chi connectivity index (χ2v) is 8.55. The van der Waals surface area contributed by atoms with Gasteiger partial charge in [0.1, 0.15) is 17.2 Å². The summed E-state index contributed by atoms with van der Waals surface area (Å²) in [6.45, 7) is -3.30. The van der Waals surface area contributed by atoms with Gasteiger partial charge < -0.3 is 18.7 Å². The van der Waals surface area contributed by atoms with E-state index in [9.17, 15) is 4.89 Å². The molecule has 0 aliphatic carbocycles. The van der Waals surface area contributed by atoms with Crippen molar-refractivity contribution in [1.29, 1.82) is 0 Å². The fourth-order valence-electron chi connectivity index (χ4n) is 1.83. The molecule has 0 heterocycles. The van der Waals surface area contributed by atoms with Crippen molar-refractivity contribution in [2.45, 2.75) is 0 Å². The summed E-state index contributed by atoms with van der Waals surface area (Å²) < 4.78 is 15.5. The number of halogens is 1. The molecule has 1 N–H and O–H groups in total. The van der Waals surface area contributed by atoms with Crippen molar-refractivity contribution in [3.05, 3.63) is 91.0 Å². The van der Waals surface area contributed by atoms with Crippen LogP contribution in [0.2, 0.25) is 0 Å². The quantitative estimate of drug-likeness (QED) is 0.302. The van der Waals surface area contributed by atoms with Gasteiger partial charge in [-0.05, 0) is 60.2 Å². The normalized spacial score (nSPS) is 10.1. The van der Waals surface area contributed by atoms with E-state index in [0.717, 1.165) is 0 Å². The van der Waals surface area contributed by atoms with E-state index in [1.807, 2.05) is 30.3 Å². The van der Waals surface area contributed by atoms with Gasteiger partial charge in [-0.15, -0.1) is 0 Å². The summed E-state index contributed by atoms with van der Waals surface area (Å²) >= 11 is 14.8. The van der Waals surface area contributed by atoms with Gasteiger partial charge in [0, 0.05) is 11.8 Å². The first kappa shape index (κ1) is 21.4. The zero-order chi connectivity index (χ0) is 19.5. The lowest BCUT2D eigenvalue weighted by molar-refractivity contribution is 0.377. The van der Waals surface area contributed by atoms with Gasteiger partial charge in [0.05, 0.1) is 0 Å². The van der Waals surface area contributed by atoms with E-state index < -0.39 is 6.72 Å². The minimum absolute atomic E-state index is 0.0196. The maximum Gasteiger partial charge on any atom is 0.432 e. The first-order valence-corrected chi connectivity index (χ1v) is 11.1. The van der Waals surface area contributed by atoms with Gasteiger partial charge in [-0.25, -0.2) is 0 Å². The highest BCUT2D eigenvalue weighted by molar-refractivity contribution is 8.07. The Hall–Kier alpha value is -1.95. The molecule has 3 rings (SSSR count). The topological polar surface area (TPSA) is 47.9 Å². The lowest BCUT2D eigenvalue weighted by atomic mass is 10.3. The Morgan fingerprint density at radius 1 is 0.704 bits per heavy atom. The number of rotatable bonds is 5. The van der Waals surface area contributed by atoms with Crippen molar-refractivity contribution in [3.63, 3.8) is 0 Å². The average Bonchev–Trinajstić information content (AvgIpc) is 2.63. The molecular weight excluding hydrogens is 423 g/mol. The Labute approximate surface area is 173 Å². The van der Waals surface area contributed by atoms with Crippen molar-refractivity contribution in [1.82, 2.24) is 0 Å². The molecule has 0 atom stereocenters. The van der Waals surface area contributed by atoms with Gasteiger partial charge in [0.2, 0.25) is 0 Å². The van der Waals surface area contributed by atoms with Crippen LogP contribution in [0.5, 0.6) is 17.2 Å². The predicted octanol–water partition coefficient (Wildman–Crippen LogP) is 5.95. The van der Waals surface area contributed by atoms with Crippen molar-refractivity contribution in [3.8, 4) is 17.2 Å². The maximum absolute atomic E-state index is 9.90. The smallest absolute Gasteiger partial charge is 0.432 e. The van der Waals surface area contributed by atoms with Crippen LogP contribution >= 0.6 is 30.5 Å². The van der Waals surface area contributed by atoms with Crippen LogP contribution in [0, 0.1) is 0 Å². The molecule has 0 aliphatic heterocycles. The summed E-state index contributed by atoms with van der Waals surface area (Å²) in [5.41, 5.74) is 0. The highest BCUT2D eigenvalue weighted by Crippen LogP contribution is 2.44. The minimum atomic E-state index is -3.30. The van der Waals surface area contributed by atoms with Crippen molar-refractivity contribution >= 4 is 46.9 Å². The molecular formula is C19H16ClO4PS2. The predicted molar refractivity (Wildman–Crippen MR) is 116 cm³/mol. The standard InChI is InChI=1S/C12H11O3PS.C7H5ClOS/c13-16(17,14-11-7-3-1-4-8-11)15-12-9-5-2-6-10-12;8-7(10)9-6-4-2-1-3-5-6/h1-10H,(H,13,17);1-5H. The van der Waals surface area contributed by atoms with E-state index in [4.69, 9.17) is 37.2 Å². The number of para-hydroxylation sites is 3. The summed E-state index contributed by atoms with van der Waals surface area (Å²) in [6.07, 6.45) is 0. The van der Waals surface area contributed by atoms with Crippen molar-refractivity contribution in [2.24, 2.45) is 0 Å². The summed E-state index contributed by atoms with van der Waals surface area (Å²) in [5.74, 6) is 1.66. The molecule has 0 spiro atoms. The maximum atomic E-state index is 9.90. The number of hydrogen-bond donors (Lipinski definition) is 1. The van der Waals surface area contributed by atoms with Crippen LogP contribution in [-0.4, -0.2) is 9.40 Å². The van der Waals surface area contributed by atoms with E-state index in [-0.39, 0.29) is 4.51 Å². The lowest BCUT2D eigenvalue weighted by Gasteiger charge is -2.17. The number of ether oxygens (including phenoxy) is 1. The summed E-state index contributed by atoms with van der Waals surface area (Å²) in [6, 6.07) is 26.9. The number of hydrogen-bond acceptors (Lipinski definition) is 5. The van der Waals surface area contributed by atoms with Crippen LogP contribution in [0.25, 0.3) is 0 Å². The fraction of sp³-hybridized carbons (Fsp3) is 0. The molecule has 8 heteroatoms. The monoisotopic (exact) mass is 438 g/mol. The van der Waals surface area contributed by atoms with E-state index in [0.29, 0.717) is 17.2 Å². The fourth-order valence-corrected chi connectivity index (χ4v) is 3.34. The Kier molecular flexibility index (Phi) is 8.72. The van der Waals surface area contributed by atoms with Gasteiger partial charge in [0.15, 0.2) is 0 Å². The van der Waals surface area contributed by atoms with Crippen LogP contribution in [0.4, 0.5) is 0 Å². The Bertz CT molecular complexity index is 834. The summed E-state index contributed by atoms with van der Waals surface area (Å²) in [7, 11) is 0. The molecule has 0 saturated heterocycles.